The zero-order chi connectivity index (χ0) is 7.99. The summed E-state index contributed by atoms with van der Waals surface area (Å²) in [7, 11) is 0. The Morgan fingerprint density at radius 1 is 1.30 bits per heavy atom. The first-order valence-electron chi connectivity index (χ1n) is 2.72. The van der Waals surface area contributed by atoms with Crippen LogP contribution in [0.15, 0.2) is 0 Å². The van der Waals surface area contributed by atoms with Crippen LogP contribution in [0.25, 0.3) is 0 Å². The Morgan fingerprint density at radius 2 is 1.70 bits per heavy atom. The molecule has 1 aliphatic carbocycles. The third kappa shape index (κ3) is 1.34. The van der Waals surface area contributed by atoms with E-state index in [0.717, 1.165) is 0 Å². The van der Waals surface area contributed by atoms with Crippen molar-refractivity contribution in [1.82, 2.24) is 0 Å². The van der Waals surface area contributed by atoms with Gasteiger partial charge in [0.25, 0.3) is 0 Å². The number of nitrogens with two attached hydrogens (primary N) is 1. The van der Waals surface area contributed by atoms with Crippen LogP contribution >= 0.6 is 34.8 Å². The second-order valence-corrected chi connectivity index (χ2v) is 4.90. The maximum Gasteiger partial charge on any atom is 0.238 e. The first-order valence-corrected chi connectivity index (χ1v) is 3.86. The van der Waals surface area contributed by atoms with Gasteiger partial charge in [0.05, 0.1) is 0 Å². The molecule has 0 spiro atoms. The SMILES string of the molecule is NC(=O)C1(Cl)CC(Cl)(Cl)C1. The summed E-state index contributed by atoms with van der Waals surface area (Å²) in [6.45, 7) is 0. The molecular weight excluding hydrogens is 196 g/mol. The molecule has 1 rings (SSSR count). The van der Waals surface area contributed by atoms with Crippen molar-refractivity contribution in [3.8, 4) is 0 Å². The normalized spacial score (nSPS) is 27.1. The van der Waals surface area contributed by atoms with E-state index in [1.54, 1.807) is 0 Å². The highest BCUT2D eigenvalue weighted by Gasteiger charge is 2.55. The van der Waals surface area contributed by atoms with Gasteiger partial charge in [-0.1, -0.05) is 0 Å². The molecule has 0 heterocycles. The van der Waals surface area contributed by atoms with Crippen LogP contribution in [-0.2, 0) is 4.79 Å². The smallest absolute Gasteiger partial charge is 0.238 e. The summed E-state index contributed by atoms with van der Waals surface area (Å²) in [4.78, 5) is 9.57. The molecule has 0 bridgehead atoms. The monoisotopic (exact) mass is 201 g/mol. The van der Waals surface area contributed by atoms with E-state index in [1.807, 2.05) is 0 Å². The molecule has 0 unspecified atom stereocenters. The number of hydrogen-bond acceptors (Lipinski definition) is 1. The van der Waals surface area contributed by atoms with Crippen molar-refractivity contribution in [2.45, 2.75) is 22.0 Å². The molecule has 58 valence electrons. The fourth-order valence-corrected chi connectivity index (χ4v) is 2.58. The quantitative estimate of drug-likeness (QED) is 0.642. The van der Waals surface area contributed by atoms with Crippen molar-refractivity contribution >= 4 is 40.7 Å². The molecule has 1 saturated carbocycles. The summed E-state index contributed by atoms with van der Waals surface area (Å²) in [6.07, 6.45) is 0.472. The van der Waals surface area contributed by atoms with E-state index in [0.29, 0.717) is 0 Å². The summed E-state index contributed by atoms with van der Waals surface area (Å²) in [5.74, 6) is -0.550. The molecule has 0 saturated heterocycles. The van der Waals surface area contributed by atoms with Crippen molar-refractivity contribution in [3.05, 3.63) is 0 Å². The van der Waals surface area contributed by atoms with Gasteiger partial charge in [-0.3, -0.25) is 4.79 Å². The molecule has 0 aromatic heterocycles. The number of carbonyl (C=O) groups excluding carboxylic acids is 1. The number of amides is 1. The van der Waals surface area contributed by atoms with Gasteiger partial charge in [0, 0.05) is 12.8 Å². The van der Waals surface area contributed by atoms with Gasteiger partial charge < -0.3 is 5.73 Å². The highest BCUT2D eigenvalue weighted by atomic mass is 35.5. The maximum absolute atomic E-state index is 10.6. The average molecular weight is 202 g/mol. The molecule has 5 heteroatoms. The van der Waals surface area contributed by atoms with Gasteiger partial charge in [-0.05, 0) is 0 Å². The average Bonchev–Trinajstić information content (AvgIpc) is 1.59. The Kier molecular flexibility index (Phi) is 1.82. The molecule has 1 aliphatic rings. The topological polar surface area (TPSA) is 43.1 Å². The number of rotatable bonds is 1. The Morgan fingerprint density at radius 3 is 1.80 bits per heavy atom. The van der Waals surface area contributed by atoms with E-state index in [-0.39, 0.29) is 12.8 Å². The predicted octanol–water partition coefficient (Wildman–Crippen LogP) is 1.42. The second-order valence-electron chi connectivity index (χ2n) is 2.54. The standard InChI is InChI=1S/C5H6Cl3NO/c6-4(3(9)10)1-5(7,8)2-4/h1-2H2,(H2,9,10). The molecule has 1 amide bonds. The van der Waals surface area contributed by atoms with E-state index in [9.17, 15) is 4.79 Å². The molecule has 0 aliphatic heterocycles. The third-order valence-corrected chi connectivity index (χ3v) is 2.51. The molecular formula is C5H6Cl3NO. The van der Waals surface area contributed by atoms with Crippen LogP contribution in [0, 0.1) is 0 Å². The predicted molar refractivity (Wildman–Crippen MR) is 41.4 cm³/mol. The minimum Gasteiger partial charge on any atom is -0.368 e. The van der Waals surface area contributed by atoms with E-state index in [4.69, 9.17) is 40.5 Å². The molecule has 0 radical (unpaired) electrons. The highest BCUT2D eigenvalue weighted by molar-refractivity contribution is 6.52. The molecule has 1 fully saturated rings. The van der Waals surface area contributed by atoms with Crippen molar-refractivity contribution in [3.63, 3.8) is 0 Å². The van der Waals surface area contributed by atoms with Crippen LogP contribution in [0.2, 0.25) is 0 Å². The summed E-state index contributed by atoms with van der Waals surface area (Å²) in [5.41, 5.74) is 4.96. The number of halogens is 3. The van der Waals surface area contributed by atoms with Crippen molar-refractivity contribution < 1.29 is 4.79 Å². The highest BCUT2D eigenvalue weighted by Crippen LogP contribution is 2.52. The first kappa shape index (κ1) is 8.44. The zero-order valence-electron chi connectivity index (χ0n) is 5.03. The Labute approximate surface area is 73.6 Å². The summed E-state index contributed by atoms with van der Waals surface area (Å²) in [6, 6.07) is 0. The molecule has 10 heavy (non-hydrogen) atoms. The van der Waals surface area contributed by atoms with Gasteiger partial charge in [0.2, 0.25) is 5.91 Å². The van der Waals surface area contributed by atoms with E-state index in [1.165, 1.54) is 0 Å². The number of carbonyl (C=O) groups is 1. The fraction of sp³-hybridized carbons (Fsp3) is 0.800. The lowest BCUT2D eigenvalue weighted by Gasteiger charge is -2.42. The summed E-state index contributed by atoms with van der Waals surface area (Å²) < 4.78 is -0.850. The van der Waals surface area contributed by atoms with Crippen LogP contribution in [-0.4, -0.2) is 15.1 Å². The molecule has 2 nitrogen and oxygen atoms in total. The van der Waals surface area contributed by atoms with Crippen molar-refractivity contribution in [2.75, 3.05) is 0 Å². The lowest BCUT2D eigenvalue weighted by atomic mass is 9.82. The number of hydrogen-bond donors (Lipinski definition) is 1. The molecule has 0 atom stereocenters. The molecule has 0 aromatic rings. The van der Waals surface area contributed by atoms with Gasteiger partial charge in [0.1, 0.15) is 9.21 Å². The van der Waals surface area contributed by atoms with Gasteiger partial charge >= 0.3 is 0 Å². The number of alkyl halides is 3. The van der Waals surface area contributed by atoms with Crippen LogP contribution in [0.5, 0.6) is 0 Å². The first-order chi connectivity index (χ1) is 4.36. The maximum atomic E-state index is 10.6. The van der Waals surface area contributed by atoms with Crippen molar-refractivity contribution in [1.29, 1.82) is 0 Å². The van der Waals surface area contributed by atoms with Gasteiger partial charge in [-0.15, -0.1) is 34.8 Å². The fourth-order valence-electron chi connectivity index (χ4n) is 0.942. The van der Waals surface area contributed by atoms with E-state index < -0.39 is 15.1 Å². The second kappa shape index (κ2) is 2.16. The summed E-state index contributed by atoms with van der Waals surface area (Å²) in [5, 5.41) is 0. The van der Waals surface area contributed by atoms with Crippen molar-refractivity contribution in [2.24, 2.45) is 5.73 Å². The van der Waals surface area contributed by atoms with Crippen LogP contribution in [0.4, 0.5) is 0 Å². The zero-order valence-corrected chi connectivity index (χ0v) is 7.30. The van der Waals surface area contributed by atoms with Crippen LogP contribution in [0.3, 0.4) is 0 Å². The largest absolute Gasteiger partial charge is 0.368 e. The Hall–Kier alpha value is 0.340. The van der Waals surface area contributed by atoms with Gasteiger partial charge in [-0.2, -0.15) is 0 Å². The van der Waals surface area contributed by atoms with E-state index in [2.05, 4.69) is 0 Å². The molecule has 2 N–H and O–H groups in total. The van der Waals surface area contributed by atoms with E-state index >= 15 is 0 Å². The van der Waals surface area contributed by atoms with Gasteiger partial charge in [-0.25, -0.2) is 0 Å². The third-order valence-electron chi connectivity index (χ3n) is 1.52. The minimum absolute atomic E-state index is 0.236. The minimum atomic E-state index is -0.997. The summed E-state index contributed by atoms with van der Waals surface area (Å²) >= 11 is 16.9. The Balaban J connectivity index is 2.58. The van der Waals surface area contributed by atoms with Crippen LogP contribution < -0.4 is 5.73 Å². The van der Waals surface area contributed by atoms with Gasteiger partial charge in [0.15, 0.2) is 0 Å². The lowest BCUT2D eigenvalue weighted by Crippen LogP contribution is -2.54. The Bertz CT molecular complexity index is 172. The number of primary amides is 1. The lowest BCUT2D eigenvalue weighted by molar-refractivity contribution is -0.122. The van der Waals surface area contributed by atoms with Crippen LogP contribution in [0.1, 0.15) is 12.8 Å². The molecule has 0 aromatic carbocycles.